The van der Waals surface area contributed by atoms with E-state index in [1.165, 1.54) is 11.8 Å². The summed E-state index contributed by atoms with van der Waals surface area (Å²) in [6.07, 6.45) is 0.872. The Labute approximate surface area is 143 Å². The van der Waals surface area contributed by atoms with Crippen molar-refractivity contribution in [3.63, 3.8) is 0 Å². The van der Waals surface area contributed by atoms with Crippen LogP contribution in [-0.4, -0.2) is 75.5 Å². The molecule has 24 heavy (non-hydrogen) atoms. The second-order valence-electron chi connectivity index (χ2n) is 7.11. The highest BCUT2D eigenvalue weighted by atomic mass is 32.2. The number of hydrogen-bond acceptors (Lipinski definition) is 8. The minimum Gasteiger partial charge on any atom is -0.396 e. The van der Waals surface area contributed by atoms with Crippen LogP contribution in [0.5, 0.6) is 0 Å². The summed E-state index contributed by atoms with van der Waals surface area (Å²) in [5.41, 5.74) is -2.55. The summed E-state index contributed by atoms with van der Waals surface area (Å²) in [5.74, 6) is 0.523. The second kappa shape index (κ2) is 5.51. The van der Waals surface area contributed by atoms with E-state index in [2.05, 4.69) is 0 Å². The van der Waals surface area contributed by atoms with Crippen molar-refractivity contribution in [2.75, 3.05) is 24.7 Å². The number of ether oxygens (including phenoxy) is 2. The van der Waals surface area contributed by atoms with E-state index in [1.54, 1.807) is 13.0 Å². The van der Waals surface area contributed by atoms with Gasteiger partial charge in [-0.05, 0) is 31.4 Å². The molecule has 2 spiro atoms. The predicted octanol–water partition coefficient (Wildman–Crippen LogP) is 0.147. The average molecular weight is 358 g/mol. The number of fused-ring (bicyclic) bond motifs is 1. The molecule has 134 valence electrons. The van der Waals surface area contributed by atoms with E-state index < -0.39 is 34.9 Å². The third-order valence-corrected chi connectivity index (χ3v) is 7.44. The van der Waals surface area contributed by atoms with Crippen molar-refractivity contribution in [3.8, 4) is 0 Å². The molecule has 0 aromatic carbocycles. The first-order chi connectivity index (χ1) is 11.5. The van der Waals surface area contributed by atoms with Crippen molar-refractivity contribution in [2.24, 2.45) is 5.41 Å². The van der Waals surface area contributed by atoms with Gasteiger partial charge in [-0.1, -0.05) is 0 Å². The van der Waals surface area contributed by atoms with E-state index in [-0.39, 0.29) is 19.0 Å². The first-order valence-corrected chi connectivity index (χ1v) is 9.36. The molecule has 2 bridgehead atoms. The molecule has 2 heterocycles. The van der Waals surface area contributed by atoms with Crippen molar-refractivity contribution < 1.29 is 34.6 Å². The van der Waals surface area contributed by atoms with Crippen LogP contribution in [0.1, 0.15) is 19.8 Å². The van der Waals surface area contributed by atoms with Crippen LogP contribution in [0.4, 0.5) is 0 Å². The smallest absolute Gasteiger partial charge is 0.187 e. The fourth-order valence-electron chi connectivity index (χ4n) is 5.12. The number of ketones is 1. The van der Waals surface area contributed by atoms with Crippen molar-refractivity contribution in [1.82, 2.24) is 0 Å². The van der Waals surface area contributed by atoms with E-state index in [0.29, 0.717) is 29.9 Å². The fourth-order valence-corrected chi connectivity index (χ4v) is 6.17. The van der Waals surface area contributed by atoms with Gasteiger partial charge in [0.2, 0.25) is 0 Å². The van der Waals surface area contributed by atoms with Crippen molar-refractivity contribution in [1.29, 1.82) is 0 Å². The summed E-state index contributed by atoms with van der Waals surface area (Å²) < 4.78 is 12.2. The van der Waals surface area contributed by atoms with Gasteiger partial charge in [0.15, 0.2) is 11.4 Å². The van der Waals surface area contributed by atoms with Gasteiger partial charge < -0.3 is 19.7 Å². The van der Waals surface area contributed by atoms with Gasteiger partial charge in [-0.3, -0.25) is 10.1 Å². The quantitative estimate of drug-likeness (QED) is 0.362. The van der Waals surface area contributed by atoms with Gasteiger partial charge in [0.1, 0.15) is 11.7 Å². The molecule has 8 heteroatoms. The molecule has 0 unspecified atom stereocenters. The molecule has 3 N–H and O–H groups in total. The monoisotopic (exact) mass is 358 g/mol. The Morgan fingerprint density at radius 2 is 2.29 bits per heavy atom. The standard InChI is InChI=1S/C16H22O7S/c1-9-6-11-14(13(19)12(9)18)7-21-16(14)3-2-10(22-11)15(16,23-20)8-24-5-4-17/h6,10-11,13,17,19-20H,2-5,7-8H2,1H3/t10-,11-,13-,14-,15+,16+/m1/s1. The number of rotatable bonds is 5. The largest absolute Gasteiger partial charge is 0.396 e. The van der Waals surface area contributed by atoms with E-state index in [9.17, 15) is 15.2 Å². The number of aliphatic hydroxyl groups is 2. The molecule has 2 saturated heterocycles. The molecule has 4 aliphatic rings. The van der Waals surface area contributed by atoms with Crippen LogP contribution in [-0.2, 0) is 19.2 Å². The van der Waals surface area contributed by atoms with Crippen LogP contribution >= 0.6 is 11.8 Å². The van der Waals surface area contributed by atoms with Crippen molar-refractivity contribution in [2.45, 2.75) is 49.3 Å². The Balaban J connectivity index is 1.79. The van der Waals surface area contributed by atoms with Gasteiger partial charge in [-0.25, -0.2) is 4.89 Å². The summed E-state index contributed by atoms with van der Waals surface area (Å²) in [5, 5.41) is 29.7. The van der Waals surface area contributed by atoms with Gasteiger partial charge in [-0.2, -0.15) is 11.8 Å². The highest BCUT2D eigenvalue weighted by molar-refractivity contribution is 7.99. The second-order valence-corrected chi connectivity index (χ2v) is 8.22. The first kappa shape index (κ1) is 17.0. The number of aliphatic hydroxyl groups excluding tert-OH is 2. The third kappa shape index (κ3) is 1.68. The molecule has 0 radical (unpaired) electrons. The van der Waals surface area contributed by atoms with Gasteiger partial charge in [0.05, 0.1) is 30.8 Å². The molecular weight excluding hydrogens is 336 g/mol. The number of hydrogen-bond donors (Lipinski definition) is 3. The Bertz CT molecular complexity index is 595. The molecule has 1 saturated carbocycles. The SMILES string of the molecule is CC1=C[C@H]2O[C@@H]3CC[C@@]4(OC[C@]24[C@H](O)C1=O)[C@@]3(CSCCO)OO. The lowest BCUT2D eigenvalue weighted by Gasteiger charge is -2.69. The molecule has 6 atom stereocenters. The van der Waals surface area contributed by atoms with E-state index in [0.717, 1.165) is 0 Å². The predicted molar refractivity (Wildman–Crippen MR) is 84.6 cm³/mol. The summed E-state index contributed by atoms with van der Waals surface area (Å²) >= 11 is 1.43. The summed E-state index contributed by atoms with van der Waals surface area (Å²) in [4.78, 5) is 17.4. The maximum Gasteiger partial charge on any atom is 0.187 e. The lowest BCUT2D eigenvalue weighted by Crippen LogP contribution is -2.85. The lowest BCUT2D eigenvalue weighted by atomic mass is 9.51. The van der Waals surface area contributed by atoms with Crippen LogP contribution in [0.2, 0.25) is 0 Å². The molecule has 2 aliphatic heterocycles. The van der Waals surface area contributed by atoms with Gasteiger partial charge in [0.25, 0.3) is 0 Å². The number of carbonyl (C=O) groups excluding carboxylic acids is 1. The molecule has 3 fully saturated rings. The zero-order valence-electron chi connectivity index (χ0n) is 13.4. The topological polar surface area (TPSA) is 105 Å². The molecular formula is C16H22O7S. The highest BCUT2D eigenvalue weighted by Gasteiger charge is 2.84. The fraction of sp³-hybridized carbons (Fsp3) is 0.812. The van der Waals surface area contributed by atoms with Crippen LogP contribution in [0, 0.1) is 5.41 Å². The maximum atomic E-state index is 12.4. The minimum absolute atomic E-state index is 0.0162. The van der Waals surface area contributed by atoms with Crippen LogP contribution in [0.3, 0.4) is 0 Å². The van der Waals surface area contributed by atoms with Gasteiger partial charge in [0, 0.05) is 11.5 Å². The Morgan fingerprint density at radius 3 is 2.92 bits per heavy atom. The van der Waals surface area contributed by atoms with Gasteiger partial charge >= 0.3 is 0 Å². The normalized spacial score (nSPS) is 49.2. The van der Waals surface area contributed by atoms with Crippen LogP contribution in [0.15, 0.2) is 11.6 Å². The number of thioether (sulfide) groups is 1. The Morgan fingerprint density at radius 1 is 1.50 bits per heavy atom. The lowest BCUT2D eigenvalue weighted by molar-refractivity contribution is -0.464. The molecule has 0 aromatic heterocycles. The van der Waals surface area contributed by atoms with Crippen molar-refractivity contribution in [3.05, 3.63) is 11.6 Å². The average Bonchev–Trinajstić information content (AvgIpc) is 2.84. The zero-order chi connectivity index (χ0) is 17.2. The third-order valence-electron chi connectivity index (χ3n) is 6.33. The van der Waals surface area contributed by atoms with Crippen molar-refractivity contribution >= 4 is 17.5 Å². The van der Waals surface area contributed by atoms with Gasteiger partial charge in [-0.15, -0.1) is 0 Å². The minimum atomic E-state index is -1.24. The maximum absolute atomic E-state index is 12.4. The summed E-state index contributed by atoms with van der Waals surface area (Å²) in [7, 11) is 0. The Hall–Kier alpha value is -0.480. The highest BCUT2D eigenvalue weighted by Crippen LogP contribution is 2.69. The summed E-state index contributed by atoms with van der Waals surface area (Å²) in [6.45, 7) is 1.89. The van der Waals surface area contributed by atoms with E-state index >= 15 is 0 Å². The molecule has 2 aliphatic carbocycles. The molecule has 0 amide bonds. The molecule has 0 aromatic rings. The van der Waals surface area contributed by atoms with Crippen LogP contribution < -0.4 is 0 Å². The number of carbonyl (C=O) groups is 1. The summed E-state index contributed by atoms with van der Waals surface area (Å²) in [6, 6.07) is 0. The first-order valence-electron chi connectivity index (χ1n) is 8.20. The van der Waals surface area contributed by atoms with E-state index in [4.69, 9.17) is 19.5 Å². The molecule has 4 rings (SSSR count). The Kier molecular flexibility index (Phi) is 3.89. The zero-order valence-corrected chi connectivity index (χ0v) is 14.3. The van der Waals surface area contributed by atoms with Crippen LogP contribution in [0.25, 0.3) is 0 Å². The number of Topliss-reactive ketones (excluding diaryl/α,β-unsaturated/α-hetero) is 1. The molecule has 7 nitrogen and oxygen atoms in total. The van der Waals surface area contributed by atoms with E-state index in [1.807, 2.05) is 0 Å².